The first kappa shape index (κ1) is 15.8. The fraction of sp³-hybridized carbons (Fsp3) is 0.611. The molecular formula is C18H25ClN2O. The second kappa shape index (κ2) is 6.59. The Morgan fingerprint density at radius 1 is 1.36 bits per heavy atom. The highest BCUT2D eigenvalue weighted by Crippen LogP contribution is 2.32. The van der Waals surface area contributed by atoms with Crippen LogP contribution in [0.3, 0.4) is 0 Å². The van der Waals surface area contributed by atoms with E-state index in [1.54, 1.807) is 0 Å². The van der Waals surface area contributed by atoms with Crippen LogP contribution in [0, 0.1) is 11.8 Å². The average Bonchev–Trinajstić information content (AvgIpc) is 3.33. The fourth-order valence-corrected chi connectivity index (χ4v) is 3.57. The van der Waals surface area contributed by atoms with Crippen LogP contribution in [0.15, 0.2) is 24.3 Å². The lowest BCUT2D eigenvalue weighted by atomic mass is 9.92. The maximum atomic E-state index is 12.2. The van der Waals surface area contributed by atoms with Crippen molar-refractivity contribution in [1.29, 1.82) is 0 Å². The predicted molar refractivity (Wildman–Crippen MR) is 89.9 cm³/mol. The Hall–Kier alpha value is -1.06. The predicted octanol–water partition coefficient (Wildman–Crippen LogP) is 3.64. The van der Waals surface area contributed by atoms with E-state index in [4.69, 9.17) is 11.6 Å². The quantitative estimate of drug-likeness (QED) is 0.918. The summed E-state index contributed by atoms with van der Waals surface area (Å²) < 4.78 is 0. The molecule has 1 aliphatic heterocycles. The number of rotatable bonds is 4. The van der Waals surface area contributed by atoms with E-state index in [2.05, 4.69) is 30.1 Å². The molecule has 0 spiro atoms. The van der Waals surface area contributed by atoms with Gasteiger partial charge in [-0.15, -0.1) is 0 Å². The van der Waals surface area contributed by atoms with Gasteiger partial charge in [-0.2, -0.15) is 0 Å². The van der Waals surface area contributed by atoms with Gasteiger partial charge in [-0.3, -0.25) is 4.79 Å². The van der Waals surface area contributed by atoms with E-state index in [9.17, 15) is 4.79 Å². The molecule has 1 saturated heterocycles. The fourth-order valence-electron chi connectivity index (χ4n) is 3.38. The van der Waals surface area contributed by atoms with Gasteiger partial charge >= 0.3 is 0 Å². The molecule has 3 rings (SSSR count). The minimum atomic E-state index is 0.275. The molecule has 22 heavy (non-hydrogen) atoms. The van der Waals surface area contributed by atoms with Gasteiger partial charge < -0.3 is 10.2 Å². The third-order valence-electron chi connectivity index (χ3n) is 4.96. The van der Waals surface area contributed by atoms with Crippen LogP contribution in [0.4, 0.5) is 0 Å². The van der Waals surface area contributed by atoms with E-state index >= 15 is 0 Å². The summed E-state index contributed by atoms with van der Waals surface area (Å²) in [5.41, 5.74) is 1.22. The van der Waals surface area contributed by atoms with E-state index in [-0.39, 0.29) is 6.04 Å². The molecule has 1 aliphatic carbocycles. The summed E-state index contributed by atoms with van der Waals surface area (Å²) in [4.78, 5) is 14.3. The van der Waals surface area contributed by atoms with Gasteiger partial charge in [0.2, 0.25) is 5.91 Å². The number of benzene rings is 1. The topological polar surface area (TPSA) is 32.3 Å². The first-order valence-electron chi connectivity index (χ1n) is 8.35. The summed E-state index contributed by atoms with van der Waals surface area (Å²) in [7, 11) is 0. The molecular weight excluding hydrogens is 296 g/mol. The van der Waals surface area contributed by atoms with Crippen LogP contribution in [0.1, 0.15) is 44.7 Å². The van der Waals surface area contributed by atoms with Crippen molar-refractivity contribution in [2.75, 3.05) is 13.1 Å². The largest absolute Gasteiger partial charge is 0.342 e. The minimum absolute atomic E-state index is 0.275. The molecule has 1 aromatic rings. The molecule has 0 unspecified atom stereocenters. The summed E-state index contributed by atoms with van der Waals surface area (Å²) >= 11 is 6.08. The molecule has 1 N–H and O–H groups in total. The highest BCUT2D eigenvalue weighted by Gasteiger charge is 2.37. The van der Waals surface area contributed by atoms with Crippen molar-refractivity contribution in [3.05, 3.63) is 34.9 Å². The van der Waals surface area contributed by atoms with E-state index in [1.807, 2.05) is 18.2 Å². The summed E-state index contributed by atoms with van der Waals surface area (Å²) in [6, 6.07) is 8.77. The van der Waals surface area contributed by atoms with Crippen LogP contribution in [0.5, 0.6) is 0 Å². The highest BCUT2D eigenvalue weighted by atomic mass is 35.5. The number of nitrogens with one attached hydrogen (secondary N) is 1. The van der Waals surface area contributed by atoms with Crippen molar-refractivity contribution in [1.82, 2.24) is 10.2 Å². The second-order valence-electron chi connectivity index (χ2n) is 6.87. The molecule has 2 fully saturated rings. The van der Waals surface area contributed by atoms with Crippen LogP contribution in [-0.4, -0.2) is 29.9 Å². The van der Waals surface area contributed by atoms with Gasteiger partial charge in [0.1, 0.15) is 0 Å². The van der Waals surface area contributed by atoms with Crippen LogP contribution >= 0.6 is 11.6 Å². The Balaban J connectivity index is 1.56. The Morgan fingerprint density at radius 2 is 2.14 bits per heavy atom. The molecule has 4 heteroatoms. The van der Waals surface area contributed by atoms with Crippen LogP contribution in [-0.2, 0) is 4.79 Å². The summed E-state index contributed by atoms with van der Waals surface area (Å²) in [6.07, 6.45) is 3.22. The Kier molecular flexibility index (Phi) is 4.74. The van der Waals surface area contributed by atoms with Gasteiger partial charge in [0.15, 0.2) is 0 Å². The van der Waals surface area contributed by atoms with Crippen molar-refractivity contribution in [2.24, 2.45) is 11.8 Å². The van der Waals surface area contributed by atoms with Gasteiger partial charge in [0, 0.05) is 36.1 Å². The standard InChI is InChI=1S/C18H25ClN2O/c1-12-11-21(18(22)14-6-7-14)9-8-17(12)20-13(2)15-4-3-5-16(19)10-15/h3-5,10,12-14,17,20H,6-9,11H2,1-2H3/t12-,13-,17+/m0/s1. The summed E-state index contributed by atoms with van der Waals surface area (Å²) in [5.74, 6) is 1.20. The van der Waals surface area contributed by atoms with Crippen molar-refractivity contribution in [3.8, 4) is 0 Å². The number of hydrogen-bond acceptors (Lipinski definition) is 2. The number of halogens is 1. The van der Waals surface area contributed by atoms with Crippen LogP contribution in [0.2, 0.25) is 5.02 Å². The van der Waals surface area contributed by atoms with E-state index in [0.29, 0.717) is 23.8 Å². The number of piperidine rings is 1. The SMILES string of the molecule is C[C@H](N[C@@H]1CCN(C(=O)C2CC2)C[C@@H]1C)c1cccc(Cl)c1. The molecule has 3 atom stereocenters. The number of carbonyl (C=O) groups is 1. The van der Waals surface area contributed by atoms with Crippen LogP contribution < -0.4 is 5.32 Å². The Labute approximate surface area is 138 Å². The van der Waals surface area contributed by atoms with Gasteiger partial charge in [-0.05, 0) is 49.8 Å². The zero-order valence-corrected chi connectivity index (χ0v) is 14.1. The molecule has 0 radical (unpaired) electrons. The van der Waals surface area contributed by atoms with E-state index < -0.39 is 0 Å². The number of nitrogens with zero attached hydrogens (tertiary/aromatic N) is 1. The summed E-state index contributed by atoms with van der Waals surface area (Å²) in [6.45, 7) is 6.20. The van der Waals surface area contributed by atoms with Crippen LogP contribution in [0.25, 0.3) is 0 Å². The van der Waals surface area contributed by atoms with E-state index in [1.165, 1.54) is 5.56 Å². The molecule has 120 valence electrons. The third kappa shape index (κ3) is 3.64. The first-order valence-corrected chi connectivity index (χ1v) is 8.72. The zero-order valence-electron chi connectivity index (χ0n) is 13.4. The van der Waals surface area contributed by atoms with Gasteiger partial charge in [0.05, 0.1) is 0 Å². The first-order chi connectivity index (χ1) is 10.5. The maximum absolute atomic E-state index is 12.2. The van der Waals surface area contributed by atoms with Crippen molar-refractivity contribution < 1.29 is 4.79 Å². The number of amides is 1. The van der Waals surface area contributed by atoms with Crippen molar-refractivity contribution >= 4 is 17.5 Å². The van der Waals surface area contributed by atoms with Gasteiger partial charge in [-0.1, -0.05) is 30.7 Å². The van der Waals surface area contributed by atoms with Gasteiger partial charge in [0.25, 0.3) is 0 Å². The lowest BCUT2D eigenvalue weighted by Crippen LogP contribution is -2.50. The number of carbonyl (C=O) groups excluding carboxylic acids is 1. The lowest BCUT2D eigenvalue weighted by molar-refractivity contribution is -0.134. The van der Waals surface area contributed by atoms with Gasteiger partial charge in [-0.25, -0.2) is 0 Å². The molecule has 1 saturated carbocycles. The zero-order chi connectivity index (χ0) is 15.7. The molecule has 0 bridgehead atoms. The molecule has 0 aromatic heterocycles. The Morgan fingerprint density at radius 3 is 2.77 bits per heavy atom. The summed E-state index contributed by atoms with van der Waals surface area (Å²) in [5, 5.41) is 4.50. The molecule has 1 aromatic carbocycles. The third-order valence-corrected chi connectivity index (χ3v) is 5.19. The maximum Gasteiger partial charge on any atom is 0.225 e. The smallest absolute Gasteiger partial charge is 0.225 e. The number of likely N-dealkylation sites (tertiary alicyclic amines) is 1. The molecule has 3 nitrogen and oxygen atoms in total. The minimum Gasteiger partial charge on any atom is -0.342 e. The van der Waals surface area contributed by atoms with Crippen molar-refractivity contribution in [2.45, 2.75) is 45.2 Å². The average molecular weight is 321 g/mol. The highest BCUT2D eigenvalue weighted by molar-refractivity contribution is 6.30. The van der Waals surface area contributed by atoms with Crippen molar-refractivity contribution in [3.63, 3.8) is 0 Å². The lowest BCUT2D eigenvalue weighted by Gasteiger charge is -2.39. The molecule has 1 heterocycles. The molecule has 2 aliphatic rings. The van der Waals surface area contributed by atoms with E-state index in [0.717, 1.165) is 37.4 Å². The molecule has 1 amide bonds. The number of hydrogen-bond donors (Lipinski definition) is 1. The Bertz CT molecular complexity index is 544. The second-order valence-corrected chi connectivity index (χ2v) is 7.31. The normalized spacial score (nSPS) is 26.8. The monoisotopic (exact) mass is 320 g/mol.